The van der Waals surface area contributed by atoms with Gasteiger partial charge in [-0.15, -0.1) is 0 Å². The van der Waals surface area contributed by atoms with Crippen molar-refractivity contribution >= 4 is 0 Å². The second-order valence-corrected chi connectivity index (χ2v) is 4.86. The first-order valence-electron chi connectivity index (χ1n) is 6.29. The molecule has 1 aromatic rings. The predicted molar refractivity (Wildman–Crippen MR) is 63.5 cm³/mol. The monoisotopic (exact) mass is 239 g/mol. The average Bonchev–Trinajstić information content (AvgIpc) is 3.01. The van der Waals surface area contributed by atoms with Crippen LogP contribution >= 0.6 is 0 Å². The van der Waals surface area contributed by atoms with Crippen molar-refractivity contribution in [3.63, 3.8) is 0 Å². The summed E-state index contributed by atoms with van der Waals surface area (Å²) in [5.74, 6) is 2.00. The predicted octanol–water partition coefficient (Wildman–Crippen LogP) is 2.01. The minimum Gasteiger partial charge on any atom is -0.373 e. The molecular formula is C12H21N3O2. The van der Waals surface area contributed by atoms with Crippen molar-refractivity contribution in [2.45, 2.75) is 51.2 Å². The van der Waals surface area contributed by atoms with Crippen molar-refractivity contribution < 1.29 is 9.26 Å². The molecule has 2 rings (SSSR count). The maximum Gasteiger partial charge on any atom is 0.231 e. The van der Waals surface area contributed by atoms with Gasteiger partial charge < -0.3 is 15.0 Å². The van der Waals surface area contributed by atoms with Gasteiger partial charge in [0.2, 0.25) is 11.7 Å². The molecule has 1 aromatic heterocycles. The van der Waals surface area contributed by atoms with E-state index >= 15 is 0 Å². The highest BCUT2D eigenvalue weighted by Gasteiger charge is 2.36. The summed E-state index contributed by atoms with van der Waals surface area (Å²) in [4.78, 5) is 4.45. The largest absolute Gasteiger partial charge is 0.373 e. The van der Waals surface area contributed by atoms with Gasteiger partial charge in [0.15, 0.2) is 0 Å². The molecule has 3 atom stereocenters. The number of rotatable bonds is 6. The molecule has 0 spiro atoms. The first-order chi connectivity index (χ1) is 8.17. The topological polar surface area (TPSA) is 74.2 Å². The van der Waals surface area contributed by atoms with Crippen molar-refractivity contribution in [1.82, 2.24) is 10.1 Å². The van der Waals surface area contributed by atoms with E-state index in [1.54, 1.807) is 7.11 Å². The van der Waals surface area contributed by atoms with E-state index in [-0.39, 0.29) is 18.1 Å². The molecule has 0 aliphatic heterocycles. The van der Waals surface area contributed by atoms with E-state index in [4.69, 9.17) is 15.0 Å². The Morgan fingerprint density at radius 2 is 2.24 bits per heavy atom. The summed E-state index contributed by atoms with van der Waals surface area (Å²) in [7, 11) is 1.70. The van der Waals surface area contributed by atoms with Gasteiger partial charge in [-0.1, -0.05) is 12.1 Å². The van der Waals surface area contributed by atoms with Gasteiger partial charge in [-0.2, -0.15) is 4.98 Å². The lowest BCUT2D eigenvalue weighted by Crippen LogP contribution is -2.24. The van der Waals surface area contributed by atoms with Crippen LogP contribution in [0.25, 0.3) is 0 Å². The van der Waals surface area contributed by atoms with E-state index in [0.717, 1.165) is 6.42 Å². The second-order valence-electron chi connectivity index (χ2n) is 4.86. The van der Waals surface area contributed by atoms with E-state index in [0.29, 0.717) is 17.6 Å². The Balaban J connectivity index is 2.13. The quantitative estimate of drug-likeness (QED) is 0.822. The third-order valence-electron chi connectivity index (χ3n) is 3.41. The zero-order valence-corrected chi connectivity index (χ0v) is 10.7. The Bertz CT molecular complexity index is 336. The van der Waals surface area contributed by atoms with E-state index in [1.165, 1.54) is 12.8 Å². The average molecular weight is 239 g/mol. The molecule has 5 nitrogen and oxygen atoms in total. The summed E-state index contributed by atoms with van der Waals surface area (Å²) >= 11 is 0. The maximum absolute atomic E-state index is 5.91. The van der Waals surface area contributed by atoms with Gasteiger partial charge in [0, 0.05) is 13.2 Å². The van der Waals surface area contributed by atoms with Crippen molar-refractivity contribution in [3.05, 3.63) is 11.7 Å². The van der Waals surface area contributed by atoms with Gasteiger partial charge in [-0.3, -0.25) is 0 Å². The highest BCUT2D eigenvalue weighted by atomic mass is 16.5. The summed E-state index contributed by atoms with van der Waals surface area (Å²) < 4.78 is 10.7. The molecule has 2 N–H and O–H groups in total. The molecule has 0 amide bonds. The Morgan fingerprint density at radius 1 is 1.53 bits per heavy atom. The molecule has 1 fully saturated rings. The fraction of sp³-hybridized carbons (Fsp3) is 0.833. The maximum atomic E-state index is 5.91. The minimum atomic E-state index is -0.0157. The first-order valence-corrected chi connectivity index (χ1v) is 6.29. The zero-order valence-electron chi connectivity index (χ0n) is 10.7. The molecule has 1 heterocycles. The number of nitrogens with zero attached hydrogens (tertiary/aromatic N) is 2. The van der Waals surface area contributed by atoms with E-state index in [1.807, 2.05) is 6.92 Å². The van der Waals surface area contributed by atoms with Crippen molar-refractivity contribution in [1.29, 1.82) is 0 Å². The lowest BCUT2D eigenvalue weighted by molar-refractivity contribution is 0.0751. The summed E-state index contributed by atoms with van der Waals surface area (Å²) in [6.07, 6.45) is 3.26. The molecule has 1 aliphatic carbocycles. The number of methoxy groups -OCH3 is 1. The van der Waals surface area contributed by atoms with E-state index in [9.17, 15) is 0 Å². The van der Waals surface area contributed by atoms with Gasteiger partial charge in [0.05, 0.1) is 5.92 Å². The van der Waals surface area contributed by atoms with Crippen LogP contribution in [0, 0.1) is 5.92 Å². The molecule has 0 saturated heterocycles. The number of nitrogens with two attached hydrogens (primary N) is 1. The molecule has 0 radical (unpaired) electrons. The van der Waals surface area contributed by atoms with Crippen LogP contribution in [0.3, 0.4) is 0 Å². The van der Waals surface area contributed by atoms with Crippen molar-refractivity contribution in [2.75, 3.05) is 7.11 Å². The summed E-state index contributed by atoms with van der Waals surface area (Å²) in [6.45, 7) is 4.04. The standard InChI is InChI=1S/C12H21N3O2/c1-4-9(7(2)13)12-14-11(15-17-12)10(16-3)8-5-6-8/h7-10H,4-6,13H2,1-3H3. The lowest BCUT2D eigenvalue weighted by Gasteiger charge is -2.13. The van der Waals surface area contributed by atoms with Gasteiger partial charge in [-0.25, -0.2) is 0 Å². The zero-order chi connectivity index (χ0) is 12.4. The normalized spacial score (nSPS) is 21.2. The second kappa shape index (κ2) is 5.14. The summed E-state index contributed by atoms with van der Waals surface area (Å²) in [5.41, 5.74) is 5.91. The molecule has 17 heavy (non-hydrogen) atoms. The number of aromatic nitrogens is 2. The van der Waals surface area contributed by atoms with E-state index < -0.39 is 0 Å². The Kier molecular flexibility index (Phi) is 3.79. The Labute approximate surface area is 102 Å². The third-order valence-corrected chi connectivity index (χ3v) is 3.41. The van der Waals surface area contributed by atoms with Crippen LogP contribution in [0.2, 0.25) is 0 Å². The van der Waals surface area contributed by atoms with Crippen LogP contribution in [-0.2, 0) is 4.74 Å². The Hall–Kier alpha value is -0.940. The van der Waals surface area contributed by atoms with Crippen molar-refractivity contribution in [3.8, 4) is 0 Å². The highest BCUT2D eigenvalue weighted by molar-refractivity contribution is 5.02. The minimum absolute atomic E-state index is 0.0157. The fourth-order valence-electron chi connectivity index (χ4n) is 2.19. The van der Waals surface area contributed by atoms with Crippen molar-refractivity contribution in [2.24, 2.45) is 11.7 Å². The SMILES string of the molecule is CCC(c1nc(C(OC)C2CC2)no1)C(C)N. The molecular weight excluding hydrogens is 218 g/mol. The van der Waals surface area contributed by atoms with Crippen LogP contribution < -0.4 is 5.73 Å². The third kappa shape index (κ3) is 2.66. The molecule has 1 saturated carbocycles. The lowest BCUT2D eigenvalue weighted by atomic mass is 9.99. The first kappa shape index (κ1) is 12.5. The summed E-state index contributed by atoms with van der Waals surface area (Å²) in [5, 5.41) is 4.03. The molecule has 0 bridgehead atoms. The van der Waals surface area contributed by atoms with Gasteiger partial charge in [0.25, 0.3) is 0 Å². The van der Waals surface area contributed by atoms with Gasteiger partial charge in [-0.05, 0) is 32.1 Å². The van der Waals surface area contributed by atoms with Crippen LogP contribution in [0.1, 0.15) is 56.8 Å². The molecule has 96 valence electrons. The van der Waals surface area contributed by atoms with Crippen LogP contribution in [0.5, 0.6) is 0 Å². The molecule has 5 heteroatoms. The number of hydrogen-bond acceptors (Lipinski definition) is 5. The van der Waals surface area contributed by atoms with Crippen LogP contribution in [0.15, 0.2) is 4.52 Å². The molecule has 1 aliphatic rings. The van der Waals surface area contributed by atoms with E-state index in [2.05, 4.69) is 17.1 Å². The van der Waals surface area contributed by atoms with Crippen LogP contribution in [-0.4, -0.2) is 23.3 Å². The Morgan fingerprint density at radius 3 is 2.71 bits per heavy atom. The highest BCUT2D eigenvalue weighted by Crippen LogP contribution is 2.42. The number of ether oxygens (including phenoxy) is 1. The van der Waals surface area contributed by atoms with Crippen LogP contribution in [0.4, 0.5) is 0 Å². The fourth-order valence-corrected chi connectivity index (χ4v) is 2.19. The molecule has 3 unspecified atom stereocenters. The van der Waals surface area contributed by atoms with Gasteiger partial charge in [0.1, 0.15) is 6.10 Å². The number of hydrogen-bond donors (Lipinski definition) is 1. The summed E-state index contributed by atoms with van der Waals surface area (Å²) in [6, 6.07) is 0.0234. The smallest absolute Gasteiger partial charge is 0.231 e. The molecule has 0 aromatic carbocycles. The van der Waals surface area contributed by atoms with Gasteiger partial charge >= 0.3 is 0 Å².